The molecule has 8 nitrogen and oxygen atoms in total. The zero-order valence-corrected chi connectivity index (χ0v) is 20.3. The fourth-order valence-electron chi connectivity index (χ4n) is 4.14. The van der Waals surface area contributed by atoms with Crippen molar-refractivity contribution < 1.29 is 14.3 Å². The lowest BCUT2D eigenvalue weighted by atomic mass is 10.1. The van der Waals surface area contributed by atoms with Crippen LogP contribution >= 0.6 is 23.8 Å². The highest BCUT2D eigenvalue weighted by Crippen LogP contribution is 2.21. The van der Waals surface area contributed by atoms with Gasteiger partial charge in [0.15, 0.2) is 4.77 Å². The molecule has 0 unspecified atom stereocenters. The van der Waals surface area contributed by atoms with Crippen molar-refractivity contribution in [3.8, 4) is 0 Å². The number of hydrogen-bond acceptors (Lipinski definition) is 6. The van der Waals surface area contributed by atoms with Gasteiger partial charge in [-0.05, 0) is 55.0 Å². The van der Waals surface area contributed by atoms with Crippen molar-refractivity contribution in [3.05, 3.63) is 68.2 Å². The van der Waals surface area contributed by atoms with Crippen molar-refractivity contribution >= 4 is 52.3 Å². The molecular weight excluding hydrogens is 476 g/mol. The third-order valence-corrected chi connectivity index (χ3v) is 6.54. The van der Waals surface area contributed by atoms with E-state index in [1.165, 1.54) is 11.7 Å². The first kappa shape index (κ1) is 24.0. The van der Waals surface area contributed by atoms with Gasteiger partial charge in [0.2, 0.25) is 5.91 Å². The molecule has 0 saturated carbocycles. The Labute approximate surface area is 206 Å². The summed E-state index contributed by atoms with van der Waals surface area (Å²) in [6.07, 6.45) is 0.828. The maximum atomic E-state index is 12.9. The van der Waals surface area contributed by atoms with Crippen LogP contribution in [-0.2, 0) is 16.1 Å². The largest absolute Gasteiger partial charge is 0.465 e. The number of aromatic amines is 1. The number of halogens is 1. The second kappa shape index (κ2) is 10.4. The number of anilines is 1. The minimum Gasteiger partial charge on any atom is -0.465 e. The molecule has 1 N–H and O–H groups in total. The van der Waals surface area contributed by atoms with E-state index >= 15 is 0 Å². The smallest absolute Gasteiger partial charge is 0.337 e. The number of hydrogen-bond donors (Lipinski definition) is 1. The van der Waals surface area contributed by atoms with Gasteiger partial charge in [-0.1, -0.05) is 17.7 Å². The highest BCUT2D eigenvalue weighted by Gasteiger charge is 2.21. The molecule has 0 bridgehead atoms. The Hall–Kier alpha value is -3.17. The number of H-pyrrole nitrogens is 1. The maximum absolute atomic E-state index is 12.9. The summed E-state index contributed by atoms with van der Waals surface area (Å²) >= 11 is 11.4. The van der Waals surface area contributed by atoms with Crippen LogP contribution in [0, 0.1) is 4.77 Å². The number of fused-ring (bicyclic) bond motifs is 1. The standard InChI is InChI=1S/C24H25ClN4O4S/c1-33-23(32)16-7-8-19-20(14-16)26-24(34)29(22(19)31)9-3-6-21(30)28-12-10-27(11-13-28)18-5-2-4-17(25)15-18/h2,4-5,7-8,14-15H,3,6,9-13H2,1H3,(H,26,34). The third kappa shape index (κ3) is 5.15. The van der Waals surface area contributed by atoms with Gasteiger partial charge in [-0.25, -0.2) is 4.79 Å². The number of ether oxygens (including phenoxy) is 1. The van der Waals surface area contributed by atoms with E-state index < -0.39 is 5.97 Å². The van der Waals surface area contributed by atoms with E-state index in [9.17, 15) is 14.4 Å². The van der Waals surface area contributed by atoms with E-state index in [2.05, 4.69) is 9.88 Å². The molecule has 0 aliphatic carbocycles. The van der Waals surface area contributed by atoms with E-state index in [-0.39, 0.29) is 16.2 Å². The number of nitrogens with zero attached hydrogens (tertiary/aromatic N) is 3. The molecule has 1 saturated heterocycles. The molecule has 1 fully saturated rings. The van der Waals surface area contributed by atoms with Crippen molar-refractivity contribution in [2.45, 2.75) is 19.4 Å². The first-order valence-corrected chi connectivity index (χ1v) is 11.8. The van der Waals surface area contributed by atoms with Crippen LogP contribution in [0.4, 0.5) is 5.69 Å². The van der Waals surface area contributed by atoms with E-state index in [1.807, 2.05) is 29.2 Å². The Bertz CT molecular complexity index is 1340. The van der Waals surface area contributed by atoms with Gasteiger partial charge in [0.1, 0.15) is 0 Å². The number of piperazine rings is 1. The summed E-state index contributed by atoms with van der Waals surface area (Å²) in [4.78, 5) is 44.5. The number of esters is 1. The Morgan fingerprint density at radius 3 is 2.59 bits per heavy atom. The van der Waals surface area contributed by atoms with Gasteiger partial charge >= 0.3 is 5.97 Å². The lowest BCUT2D eigenvalue weighted by Crippen LogP contribution is -2.48. The van der Waals surface area contributed by atoms with E-state index in [1.54, 1.807) is 18.2 Å². The number of carbonyl (C=O) groups is 2. The SMILES string of the molecule is COC(=O)c1ccc2c(=O)n(CCCC(=O)N3CCN(c4cccc(Cl)c4)CC3)c(=S)[nH]c2c1. The number of benzene rings is 2. The maximum Gasteiger partial charge on any atom is 0.337 e. The molecule has 0 radical (unpaired) electrons. The molecule has 1 amide bonds. The number of methoxy groups -OCH3 is 1. The van der Waals surface area contributed by atoms with Crippen molar-refractivity contribution in [2.75, 3.05) is 38.2 Å². The molecule has 0 atom stereocenters. The van der Waals surface area contributed by atoms with Gasteiger partial charge in [0.05, 0.1) is 23.6 Å². The van der Waals surface area contributed by atoms with Crippen LogP contribution in [0.25, 0.3) is 10.9 Å². The minimum atomic E-state index is -0.489. The molecule has 3 aromatic rings. The van der Waals surface area contributed by atoms with Crippen LogP contribution in [0.2, 0.25) is 5.02 Å². The van der Waals surface area contributed by atoms with Gasteiger partial charge in [0, 0.05) is 49.9 Å². The summed E-state index contributed by atoms with van der Waals surface area (Å²) in [7, 11) is 1.30. The molecule has 0 spiro atoms. The topological polar surface area (TPSA) is 87.6 Å². The van der Waals surface area contributed by atoms with Crippen LogP contribution in [-0.4, -0.2) is 59.6 Å². The number of aromatic nitrogens is 2. The van der Waals surface area contributed by atoms with E-state index in [0.29, 0.717) is 54.0 Å². The number of carbonyl (C=O) groups excluding carboxylic acids is 2. The summed E-state index contributed by atoms with van der Waals surface area (Å²) in [5, 5.41) is 1.12. The van der Waals surface area contributed by atoms with Gasteiger partial charge in [0.25, 0.3) is 5.56 Å². The quantitative estimate of drug-likeness (QED) is 0.411. The predicted molar refractivity (Wildman–Crippen MR) is 134 cm³/mol. The Balaban J connectivity index is 1.35. The van der Waals surface area contributed by atoms with Crippen molar-refractivity contribution in [2.24, 2.45) is 0 Å². The molecular formula is C24H25ClN4O4S. The molecule has 4 rings (SSSR count). The van der Waals surface area contributed by atoms with Gasteiger partial charge in [-0.2, -0.15) is 0 Å². The number of rotatable bonds is 6. The molecule has 2 heterocycles. The van der Waals surface area contributed by atoms with Crippen LogP contribution < -0.4 is 10.5 Å². The molecule has 1 aliphatic heterocycles. The van der Waals surface area contributed by atoms with E-state index in [4.69, 9.17) is 28.6 Å². The Morgan fingerprint density at radius 2 is 1.88 bits per heavy atom. The second-order valence-electron chi connectivity index (χ2n) is 8.09. The first-order chi connectivity index (χ1) is 16.4. The van der Waals surface area contributed by atoms with Crippen LogP contribution in [0.3, 0.4) is 0 Å². The lowest BCUT2D eigenvalue weighted by Gasteiger charge is -2.36. The highest BCUT2D eigenvalue weighted by molar-refractivity contribution is 7.71. The van der Waals surface area contributed by atoms with Crippen molar-refractivity contribution in [3.63, 3.8) is 0 Å². The summed E-state index contributed by atoms with van der Waals surface area (Å²) in [6, 6.07) is 12.4. The van der Waals surface area contributed by atoms with Gasteiger partial charge in [-0.3, -0.25) is 14.2 Å². The van der Waals surface area contributed by atoms with Crippen LogP contribution in [0.5, 0.6) is 0 Å². The molecule has 1 aromatic heterocycles. The van der Waals surface area contributed by atoms with Gasteiger partial charge < -0.3 is 19.5 Å². The van der Waals surface area contributed by atoms with Crippen LogP contribution in [0.15, 0.2) is 47.3 Å². The Morgan fingerprint density at radius 1 is 1.12 bits per heavy atom. The fourth-order valence-corrected chi connectivity index (χ4v) is 4.60. The molecule has 2 aromatic carbocycles. The van der Waals surface area contributed by atoms with E-state index in [0.717, 1.165) is 18.8 Å². The summed E-state index contributed by atoms with van der Waals surface area (Å²) < 4.78 is 6.43. The average molecular weight is 501 g/mol. The summed E-state index contributed by atoms with van der Waals surface area (Å²) in [5.74, 6) is -0.422. The summed E-state index contributed by atoms with van der Waals surface area (Å²) in [5.41, 5.74) is 1.61. The zero-order chi connectivity index (χ0) is 24.2. The highest BCUT2D eigenvalue weighted by atomic mass is 35.5. The van der Waals surface area contributed by atoms with Gasteiger partial charge in [-0.15, -0.1) is 0 Å². The molecule has 1 aliphatic rings. The normalized spacial score (nSPS) is 13.8. The predicted octanol–water partition coefficient (Wildman–Crippen LogP) is 3.63. The van der Waals surface area contributed by atoms with Crippen molar-refractivity contribution in [1.29, 1.82) is 0 Å². The summed E-state index contributed by atoms with van der Waals surface area (Å²) in [6.45, 7) is 3.11. The second-order valence-corrected chi connectivity index (χ2v) is 8.91. The fraction of sp³-hybridized carbons (Fsp3) is 0.333. The lowest BCUT2D eigenvalue weighted by molar-refractivity contribution is -0.131. The average Bonchev–Trinajstić information content (AvgIpc) is 2.85. The third-order valence-electron chi connectivity index (χ3n) is 5.98. The minimum absolute atomic E-state index is 0.0669. The Kier molecular flexibility index (Phi) is 7.33. The van der Waals surface area contributed by atoms with Crippen LogP contribution in [0.1, 0.15) is 23.2 Å². The zero-order valence-electron chi connectivity index (χ0n) is 18.8. The monoisotopic (exact) mass is 500 g/mol. The molecule has 34 heavy (non-hydrogen) atoms. The molecule has 178 valence electrons. The first-order valence-electron chi connectivity index (χ1n) is 11.0. The van der Waals surface area contributed by atoms with Crippen molar-refractivity contribution in [1.82, 2.24) is 14.5 Å². The number of amides is 1. The number of nitrogens with one attached hydrogen (secondary N) is 1. The molecule has 10 heteroatoms.